The van der Waals surface area contributed by atoms with Crippen molar-refractivity contribution in [2.24, 2.45) is 0 Å². The summed E-state index contributed by atoms with van der Waals surface area (Å²) in [5, 5.41) is 10.9. The van der Waals surface area contributed by atoms with Gasteiger partial charge in [0, 0.05) is 44.4 Å². The lowest BCUT2D eigenvalue weighted by Gasteiger charge is -2.34. The molecule has 0 unspecified atom stereocenters. The Kier molecular flexibility index (Phi) is 5.38. The second-order valence-electron chi connectivity index (χ2n) is 6.07. The number of halogens is 2. The van der Waals surface area contributed by atoms with Gasteiger partial charge in [-0.1, -0.05) is 6.07 Å². The van der Waals surface area contributed by atoms with E-state index in [9.17, 15) is 32.1 Å². The van der Waals surface area contributed by atoms with E-state index in [4.69, 9.17) is 0 Å². The van der Waals surface area contributed by atoms with Crippen LogP contribution in [0.15, 0.2) is 47.4 Å². The Bertz CT molecular complexity index is 1040. The molecule has 0 aromatic heterocycles. The highest BCUT2D eigenvalue weighted by atomic mass is 32.2. The fourth-order valence-electron chi connectivity index (χ4n) is 2.87. The number of amides is 1. The van der Waals surface area contributed by atoms with Crippen LogP contribution in [0.5, 0.6) is 0 Å². The third kappa shape index (κ3) is 3.85. The second-order valence-corrected chi connectivity index (χ2v) is 8.01. The van der Waals surface area contributed by atoms with Crippen LogP contribution in [0.2, 0.25) is 0 Å². The van der Waals surface area contributed by atoms with Crippen molar-refractivity contribution in [3.63, 3.8) is 0 Å². The lowest BCUT2D eigenvalue weighted by atomic mass is 10.1. The summed E-state index contributed by atoms with van der Waals surface area (Å²) >= 11 is 0. The molecule has 1 fully saturated rings. The molecule has 2 aromatic rings. The van der Waals surface area contributed by atoms with Gasteiger partial charge in [-0.25, -0.2) is 17.2 Å². The van der Waals surface area contributed by atoms with Crippen molar-refractivity contribution in [2.45, 2.75) is 4.90 Å². The van der Waals surface area contributed by atoms with Gasteiger partial charge < -0.3 is 4.90 Å². The molecule has 148 valence electrons. The largest absolute Gasteiger partial charge is 0.336 e. The maximum Gasteiger partial charge on any atom is 0.270 e. The summed E-state index contributed by atoms with van der Waals surface area (Å²) in [4.78, 5) is 23.6. The lowest BCUT2D eigenvalue weighted by Crippen LogP contribution is -2.50. The van der Waals surface area contributed by atoms with Gasteiger partial charge in [0.05, 0.1) is 15.4 Å². The Morgan fingerprint density at radius 2 is 1.71 bits per heavy atom. The molecular weight excluding hydrogens is 396 g/mol. The molecule has 1 aliphatic rings. The Balaban J connectivity index is 1.73. The molecule has 0 aliphatic carbocycles. The predicted molar refractivity (Wildman–Crippen MR) is 94.1 cm³/mol. The monoisotopic (exact) mass is 411 g/mol. The minimum Gasteiger partial charge on any atom is -0.336 e. The summed E-state index contributed by atoms with van der Waals surface area (Å²) in [5.74, 6) is -2.46. The molecule has 1 aliphatic heterocycles. The van der Waals surface area contributed by atoms with Gasteiger partial charge in [-0.15, -0.1) is 0 Å². The molecule has 11 heteroatoms. The average Bonchev–Trinajstić information content (AvgIpc) is 2.67. The zero-order valence-corrected chi connectivity index (χ0v) is 15.2. The molecule has 0 atom stereocenters. The summed E-state index contributed by atoms with van der Waals surface area (Å²) in [7, 11) is -3.98. The van der Waals surface area contributed by atoms with E-state index in [2.05, 4.69) is 0 Å². The number of nitrogens with zero attached hydrogens (tertiary/aromatic N) is 3. The van der Waals surface area contributed by atoms with Gasteiger partial charge in [-0.2, -0.15) is 4.31 Å². The molecule has 2 aromatic carbocycles. The molecule has 1 heterocycles. The zero-order chi connectivity index (χ0) is 20.5. The second kappa shape index (κ2) is 7.60. The van der Waals surface area contributed by atoms with Gasteiger partial charge in [0.2, 0.25) is 10.0 Å². The maximum atomic E-state index is 13.8. The first-order valence-electron chi connectivity index (χ1n) is 8.19. The molecule has 1 saturated heterocycles. The Labute approximate surface area is 159 Å². The molecule has 3 rings (SSSR count). The van der Waals surface area contributed by atoms with Crippen molar-refractivity contribution in [3.05, 3.63) is 69.8 Å². The van der Waals surface area contributed by atoms with E-state index in [0.717, 1.165) is 22.5 Å². The molecule has 0 N–H and O–H groups in total. The standard InChI is InChI=1S/C17H15F2N3O5S/c18-12-4-5-15(16(19)10-12)17(23)20-6-8-21(9-7-20)28(26,27)14-3-1-2-13(11-14)22(24)25/h1-5,10-11H,6-9H2. The van der Waals surface area contributed by atoms with Crippen molar-refractivity contribution < 1.29 is 26.9 Å². The Morgan fingerprint density at radius 3 is 2.32 bits per heavy atom. The maximum absolute atomic E-state index is 13.8. The normalized spacial score (nSPS) is 15.4. The fraction of sp³-hybridized carbons (Fsp3) is 0.235. The number of benzene rings is 2. The van der Waals surface area contributed by atoms with Crippen LogP contribution in [0.4, 0.5) is 14.5 Å². The van der Waals surface area contributed by atoms with E-state index in [1.54, 1.807) is 0 Å². The summed E-state index contributed by atoms with van der Waals surface area (Å²) in [6.07, 6.45) is 0. The van der Waals surface area contributed by atoms with E-state index in [0.29, 0.717) is 6.07 Å². The van der Waals surface area contributed by atoms with Crippen molar-refractivity contribution in [1.29, 1.82) is 0 Å². The SMILES string of the molecule is O=C(c1ccc(F)cc1F)N1CCN(S(=O)(=O)c2cccc([N+](=O)[O-])c2)CC1. The fourth-order valence-corrected chi connectivity index (χ4v) is 4.33. The number of sulfonamides is 1. The number of non-ortho nitro benzene ring substituents is 1. The van der Waals surface area contributed by atoms with Crippen LogP contribution in [0.25, 0.3) is 0 Å². The Morgan fingerprint density at radius 1 is 1.04 bits per heavy atom. The van der Waals surface area contributed by atoms with E-state index >= 15 is 0 Å². The predicted octanol–water partition coefficient (Wildman–Crippen LogP) is 2.02. The summed E-state index contributed by atoms with van der Waals surface area (Å²) in [6.45, 7) is -0.104. The molecular formula is C17H15F2N3O5S. The van der Waals surface area contributed by atoms with Crippen LogP contribution in [0.1, 0.15) is 10.4 Å². The van der Waals surface area contributed by atoms with Crippen molar-refractivity contribution in [3.8, 4) is 0 Å². The third-order valence-electron chi connectivity index (χ3n) is 4.35. The van der Waals surface area contributed by atoms with Crippen LogP contribution in [-0.2, 0) is 10.0 Å². The van der Waals surface area contributed by atoms with Crippen LogP contribution < -0.4 is 0 Å². The minimum atomic E-state index is -3.98. The molecule has 1 amide bonds. The zero-order valence-electron chi connectivity index (χ0n) is 14.4. The van der Waals surface area contributed by atoms with Gasteiger partial charge >= 0.3 is 0 Å². The van der Waals surface area contributed by atoms with Crippen molar-refractivity contribution in [2.75, 3.05) is 26.2 Å². The van der Waals surface area contributed by atoms with E-state index in [1.807, 2.05) is 0 Å². The van der Waals surface area contributed by atoms with Crippen LogP contribution >= 0.6 is 0 Å². The molecule has 28 heavy (non-hydrogen) atoms. The summed E-state index contributed by atoms with van der Waals surface area (Å²) < 4.78 is 53.3. The number of rotatable bonds is 4. The number of carbonyl (C=O) groups excluding carboxylic acids is 1. The number of nitro groups is 1. The average molecular weight is 411 g/mol. The first kappa shape index (κ1) is 19.8. The highest BCUT2D eigenvalue weighted by Gasteiger charge is 2.31. The number of piperazine rings is 1. The van der Waals surface area contributed by atoms with Gasteiger partial charge in [0.25, 0.3) is 11.6 Å². The van der Waals surface area contributed by atoms with E-state index in [-0.39, 0.29) is 42.3 Å². The van der Waals surface area contributed by atoms with Crippen molar-refractivity contribution in [1.82, 2.24) is 9.21 Å². The van der Waals surface area contributed by atoms with Crippen LogP contribution in [0, 0.1) is 21.7 Å². The molecule has 8 nitrogen and oxygen atoms in total. The van der Waals surface area contributed by atoms with Gasteiger partial charge in [0.1, 0.15) is 11.6 Å². The Hall–Kier alpha value is -2.92. The summed E-state index contributed by atoms with van der Waals surface area (Å²) in [6, 6.07) is 7.32. The number of carbonyl (C=O) groups is 1. The number of hydrogen-bond donors (Lipinski definition) is 0. The number of hydrogen-bond acceptors (Lipinski definition) is 5. The minimum absolute atomic E-state index is 0.00378. The van der Waals surface area contributed by atoms with Crippen LogP contribution in [0.3, 0.4) is 0 Å². The van der Waals surface area contributed by atoms with Crippen molar-refractivity contribution >= 4 is 21.6 Å². The van der Waals surface area contributed by atoms with Gasteiger partial charge in [-0.3, -0.25) is 14.9 Å². The summed E-state index contributed by atoms with van der Waals surface area (Å²) in [5.41, 5.74) is -0.641. The van der Waals surface area contributed by atoms with Crippen LogP contribution in [-0.4, -0.2) is 54.6 Å². The van der Waals surface area contributed by atoms with Gasteiger partial charge in [-0.05, 0) is 18.2 Å². The van der Waals surface area contributed by atoms with E-state index < -0.39 is 32.5 Å². The third-order valence-corrected chi connectivity index (χ3v) is 6.25. The lowest BCUT2D eigenvalue weighted by molar-refractivity contribution is -0.385. The first-order chi connectivity index (χ1) is 13.2. The topological polar surface area (TPSA) is 101 Å². The highest BCUT2D eigenvalue weighted by Crippen LogP contribution is 2.22. The molecule has 0 spiro atoms. The first-order valence-corrected chi connectivity index (χ1v) is 9.63. The van der Waals surface area contributed by atoms with Gasteiger partial charge in [0.15, 0.2) is 0 Å². The molecule has 0 saturated carbocycles. The molecule has 0 radical (unpaired) electrons. The smallest absolute Gasteiger partial charge is 0.270 e. The van der Waals surface area contributed by atoms with E-state index in [1.165, 1.54) is 23.1 Å². The highest BCUT2D eigenvalue weighted by molar-refractivity contribution is 7.89. The molecule has 0 bridgehead atoms. The quantitative estimate of drug-likeness (QED) is 0.566. The number of nitro benzene ring substituents is 1.